The molecule has 0 saturated heterocycles. The average molecular weight is 171 g/mol. The zero-order valence-corrected chi connectivity index (χ0v) is 7.49. The molecule has 0 aliphatic heterocycles. The van der Waals surface area contributed by atoms with Gasteiger partial charge in [-0.05, 0) is 29.4 Å². The second-order valence-corrected chi connectivity index (χ2v) is 3.07. The van der Waals surface area contributed by atoms with Gasteiger partial charge >= 0.3 is 0 Å². The molecule has 2 nitrogen and oxygen atoms in total. The van der Waals surface area contributed by atoms with Gasteiger partial charge in [-0.3, -0.25) is 0 Å². The maximum Gasteiger partial charge on any atom is 0.0725 e. The van der Waals surface area contributed by atoms with Gasteiger partial charge in [-0.1, -0.05) is 0 Å². The summed E-state index contributed by atoms with van der Waals surface area (Å²) in [6.07, 6.45) is 0. The molecule has 0 radical (unpaired) electrons. The van der Waals surface area contributed by atoms with Gasteiger partial charge in [-0.25, -0.2) is 0 Å². The van der Waals surface area contributed by atoms with Gasteiger partial charge in [0.25, 0.3) is 0 Å². The molecule has 0 saturated carbocycles. The van der Waals surface area contributed by atoms with E-state index in [-0.39, 0.29) is 0 Å². The minimum Gasteiger partial charge on any atom is -0.375 e. The van der Waals surface area contributed by atoms with Gasteiger partial charge in [0.1, 0.15) is 0 Å². The van der Waals surface area contributed by atoms with Crippen LogP contribution in [-0.4, -0.2) is 20.2 Å². The van der Waals surface area contributed by atoms with Crippen molar-refractivity contribution in [3.05, 3.63) is 22.4 Å². The smallest absolute Gasteiger partial charge is 0.0725 e. The molecule has 1 N–H and O–H groups in total. The minimum absolute atomic E-state index is 0.741. The highest BCUT2D eigenvalue weighted by molar-refractivity contribution is 7.07. The van der Waals surface area contributed by atoms with Crippen molar-refractivity contribution in [1.29, 1.82) is 0 Å². The fourth-order valence-corrected chi connectivity index (χ4v) is 1.39. The molecule has 0 fully saturated rings. The highest BCUT2D eigenvalue weighted by Crippen LogP contribution is 2.06. The van der Waals surface area contributed by atoms with E-state index in [1.807, 2.05) is 7.05 Å². The Kier molecular flexibility index (Phi) is 4.19. The molecule has 1 rings (SSSR count). The second kappa shape index (κ2) is 5.29. The number of likely N-dealkylation sites (N-methyl/N-ethyl adjacent to an activating group) is 1. The maximum absolute atomic E-state index is 5.36. The molecule has 0 bridgehead atoms. The Balaban J connectivity index is 2.04. The summed E-state index contributed by atoms with van der Waals surface area (Å²) in [5.74, 6) is 0. The first-order chi connectivity index (χ1) is 5.43. The van der Waals surface area contributed by atoms with Crippen LogP contribution in [0.1, 0.15) is 5.56 Å². The lowest BCUT2D eigenvalue weighted by Crippen LogP contribution is -2.13. The lowest BCUT2D eigenvalue weighted by atomic mass is 10.4. The number of hydrogen-bond acceptors (Lipinski definition) is 3. The summed E-state index contributed by atoms with van der Waals surface area (Å²) < 4.78 is 5.36. The van der Waals surface area contributed by atoms with Crippen LogP contribution in [0.5, 0.6) is 0 Å². The van der Waals surface area contributed by atoms with Gasteiger partial charge < -0.3 is 10.1 Å². The summed E-state index contributed by atoms with van der Waals surface area (Å²) >= 11 is 1.71. The summed E-state index contributed by atoms with van der Waals surface area (Å²) in [4.78, 5) is 0. The first kappa shape index (κ1) is 8.71. The molecule has 0 atom stereocenters. The first-order valence-corrected chi connectivity index (χ1v) is 4.61. The molecule has 1 aromatic rings. The third-order valence-corrected chi connectivity index (χ3v) is 2.08. The van der Waals surface area contributed by atoms with E-state index < -0.39 is 0 Å². The average Bonchev–Trinajstić information content (AvgIpc) is 2.50. The van der Waals surface area contributed by atoms with Gasteiger partial charge in [0.05, 0.1) is 13.2 Å². The molecule has 0 aliphatic rings. The highest BCUT2D eigenvalue weighted by atomic mass is 32.1. The lowest BCUT2D eigenvalue weighted by molar-refractivity contribution is 0.124. The van der Waals surface area contributed by atoms with Crippen molar-refractivity contribution < 1.29 is 4.74 Å². The molecule has 3 heteroatoms. The van der Waals surface area contributed by atoms with Crippen molar-refractivity contribution in [3.8, 4) is 0 Å². The van der Waals surface area contributed by atoms with Crippen LogP contribution in [-0.2, 0) is 11.3 Å². The third-order valence-electron chi connectivity index (χ3n) is 1.35. The van der Waals surface area contributed by atoms with Gasteiger partial charge in [-0.15, -0.1) is 0 Å². The van der Waals surface area contributed by atoms with Crippen LogP contribution in [0.2, 0.25) is 0 Å². The number of nitrogens with one attached hydrogen (secondary N) is 1. The molecule has 1 aromatic heterocycles. The maximum atomic E-state index is 5.36. The number of ether oxygens (including phenoxy) is 1. The van der Waals surface area contributed by atoms with E-state index in [1.54, 1.807) is 11.3 Å². The summed E-state index contributed by atoms with van der Waals surface area (Å²) in [6.45, 7) is 2.45. The molecule has 62 valence electrons. The van der Waals surface area contributed by atoms with Crippen LogP contribution in [0.25, 0.3) is 0 Å². The normalized spacial score (nSPS) is 10.3. The summed E-state index contributed by atoms with van der Waals surface area (Å²) in [5.41, 5.74) is 1.27. The van der Waals surface area contributed by atoms with E-state index in [0.29, 0.717) is 0 Å². The van der Waals surface area contributed by atoms with Crippen LogP contribution in [0.4, 0.5) is 0 Å². The van der Waals surface area contributed by atoms with Crippen molar-refractivity contribution in [1.82, 2.24) is 5.32 Å². The van der Waals surface area contributed by atoms with E-state index in [4.69, 9.17) is 4.74 Å². The SMILES string of the molecule is CNCCOCc1ccsc1. The monoisotopic (exact) mass is 171 g/mol. The van der Waals surface area contributed by atoms with Gasteiger partial charge in [0, 0.05) is 6.54 Å². The van der Waals surface area contributed by atoms with Crippen molar-refractivity contribution >= 4 is 11.3 Å². The van der Waals surface area contributed by atoms with Crippen LogP contribution in [0.15, 0.2) is 16.8 Å². The molecular formula is C8H13NOS. The van der Waals surface area contributed by atoms with Crippen LogP contribution < -0.4 is 5.32 Å². The highest BCUT2D eigenvalue weighted by Gasteiger charge is 1.91. The fraction of sp³-hybridized carbons (Fsp3) is 0.500. The number of thiophene rings is 1. The molecule has 0 spiro atoms. The molecule has 0 unspecified atom stereocenters. The van der Waals surface area contributed by atoms with Crippen LogP contribution >= 0.6 is 11.3 Å². The van der Waals surface area contributed by atoms with E-state index >= 15 is 0 Å². The predicted molar refractivity (Wildman–Crippen MR) is 47.9 cm³/mol. The van der Waals surface area contributed by atoms with Crippen molar-refractivity contribution in [3.63, 3.8) is 0 Å². The van der Waals surface area contributed by atoms with Gasteiger partial charge in [0.2, 0.25) is 0 Å². The second-order valence-electron chi connectivity index (χ2n) is 2.29. The van der Waals surface area contributed by atoms with Gasteiger partial charge in [-0.2, -0.15) is 11.3 Å². The van der Waals surface area contributed by atoms with Crippen LogP contribution in [0, 0.1) is 0 Å². The van der Waals surface area contributed by atoms with Gasteiger partial charge in [0.15, 0.2) is 0 Å². The Labute approximate surface area is 71.2 Å². The van der Waals surface area contributed by atoms with E-state index in [9.17, 15) is 0 Å². The Morgan fingerprint density at radius 1 is 1.64 bits per heavy atom. The Bertz CT molecular complexity index is 174. The number of rotatable bonds is 5. The number of hydrogen-bond donors (Lipinski definition) is 1. The Morgan fingerprint density at radius 2 is 2.55 bits per heavy atom. The quantitative estimate of drug-likeness (QED) is 0.678. The summed E-state index contributed by atoms with van der Waals surface area (Å²) in [6, 6.07) is 2.09. The largest absolute Gasteiger partial charge is 0.375 e. The van der Waals surface area contributed by atoms with Crippen molar-refractivity contribution in [2.75, 3.05) is 20.2 Å². The van der Waals surface area contributed by atoms with Crippen molar-refractivity contribution in [2.45, 2.75) is 6.61 Å². The third kappa shape index (κ3) is 3.51. The molecule has 1 heterocycles. The Hall–Kier alpha value is -0.380. The first-order valence-electron chi connectivity index (χ1n) is 3.67. The molecular weight excluding hydrogens is 158 g/mol. The zero-order chi connectivity index (χ0) is 7.94. The predicted octanol–water partition coefficient (Wildman–Crippen LogP) is 1.48. The minimum atomic E-state index is 0.741. The summed E-state index contributed by atoms with van der Waals surface area (Å²) in [5, 5.41) is 7.20. The Morgan fingerprint density at radius 3 is 3.18 bits per heavy atom. The lowest BCUT2D eigenvalue weighted by Gasteiger charge is -2.00. The van der Waals surface area contributed by atoms with E-state index in [0.717, 1.165) is 19.8 Å². The van der Waals surface area contributed by atoms with Crippen LogP contribution in [0.3, 0.4) is 0 Å². The molecule has 0 aliphatic carbocycles. The van der Waals surface area contributed by atoms with E-state index in [1.165, 1.54) is 5.56 Å². The molecule has 0 amide bonds. The summed E-state index contributed by atoms with van der Waals surface area (Å²) in [7, 11) is 1.92. The fourth-order valence-electron chi connectivity index (χ4n) is 0.739. The molecule has 0 aromatic carbocycles. The van der Waals surface area contributed by atoms with E-state index in [2.05, 4.69) is 22.1 Å². The topological polar surface area (TPSA) is 21.3 Å². The molecule has 11 heavy (non-hydrogen) atoms. The van der Waals surface area contributed by atoms with Crippen molar-refractivity contribution in [2.24, 2.45) is 0 Å². The zero-order valence-electron chi connectivity index (χ0n) is 6.67. The standard InChI is InChI=1S/C8H13NOS/c1-9-3-4-10-6-8-2-5-11-7-8/h2,5,7,9H,3-4,6H2,1H3.